The van der Waals surface area contributed by atoms with E-state index in [4.69, 9.17) is 11.6 Å². The Morgan fingerprint density at radius 1 is 1.10 bits per heavy atom. The standard InChI is InChI=1S/C22H23ClN4O4/c1-3-22(15-9-5-4-6-10-15)20(30)27(21(31)25-22)14-19(29)26(2)13-18(28)24-17-12-8-7-11-16(17)23/h4-12H,3,13-14H2,1-2H3,(H,24,28)(H,25,31)/t22-/m0/s1. The molecule has 0 radical (unpaired) electrons. The van der Waals surface area contributed by atoms with Gasteiger partial charge in [0.15, 0.2) is 0 Å². The van der Waals surface area contributed by atoms with Gasteiger partial charge in [0.1, 0.15) is 12.1 Å². The first-order chi connectivity index (χ1) is 14.8. The van der Waals surface area contributed by atoms with Gasteiger partial charge in [-0.2, -0.15) is 0 Å². The highest BCUT2D eigenvalue weighted by molar-refractivity contribution is 6.33. The average Bonchev–Trinajstić information content (AvgIpc) is 3.01. The lowest BCUT2D eigenvalue weighted by Crippen LogP contribution is -2.46. The number of anilines is 1. The van der Waals surface area contributed by atoms with E-state index in [1.54, 1.807) is 55.5 Å². The third-order valence-corrected chi connectivity index (χ3v) is 5.55. The van der Waals surface area contributed by atoms with Crippen molar-refractivity contribution in [2.24, 2.45) is 0 Å². The van der Waals surface area contributed by atoms with Crippen LogP contribution in [0.4, 0.5) is 10.5 Å². The van der Waals surface area contributed by atoms with Crippen LogP contribution in [0.1, 0.15) is 18.9 Å². The fourth-order valence-electron chi connectivity index (χ4n) is 3.44. The second-order valence-electron chi connectivity index (χ2n) is 7.22. The van der Waals surface area contributed by atoms with Crippen LogP contribution in [0, 0.1) is 0 Å². The largest absolute Gasteiger partial charge is 0.335 e. The maximum Gasteiger partial charge on any atom is 0.325 e. The smallest absolute Gasteiger partial charge is 0.325 e. The Balaban J connectivity index is 1.65. The number of rotatable bonds is 7. The molecule has 1 aliphatic rings. The van der Waals surface area contributed by atoms with Crippen molar-refractivity contribution < 1.29 is 19.2 Å². The van der Waals surface area contributed by atoms with E-state index in [0.717, 1.165) is 9.80 Å². The van der Waals surface area contributed by atoms with Crippen molar-refractivity contribution >= 4 is 41.0 Å². The van der Waals surface area contributed by atoms with Crippen LogP contribution in [0.2, 0.25) is 5.02 Å². The summed E-state index contributed by atoms with van der Waals surface area (Å²) in [7, 11) is 1.43. The molecule has 162 valence electrons. The van der Waals surface area contributed by atoms with Crippen LogP contribution in [0.3, 0.4) is 0 Å². The van der Waals surface area contributed by atoms with Crippen LogP contribution in [0.5, 0.6) is 0 Å². The first kappa shape index (κ1) is 22.3. The van der Waals surface area contributed by atoms with Crippen LogP contribution in [-0.4, -0.2) is 53.7 Å². The van der Waals surface area contributed by atoms with Crippen molar-refractivity contribution in [2.45, 2.75) is 18.9 Å². The minimum Gasteiger partial charge on any atom is -0.335 e. The Kier molecular flexibility index (Phi) is 6.60. The summed E-state index contributed by atoms with van der Waals surface area (Å²) in [5, 5.41) is 5.73. The highest BCUT2D eigenvalue weighted by atomic mass is 35.5. The summed E-state index contributed by atoms with van der Waals surface area (Å²) in [6.07, 6.45) is 0.336. The van der Waals surface area contributed by atoms with Crippen LogP contribution >= 0.6 is 11.6 Å². The molecule has 0 unspecified atom stereocenters. The van der Waals surface area contributed by atoms with Gasteiger partial charge in [0.25, 0.3) is 5.91 Å². The summed E-state index contributed by atoms with van der Waals surface area (Å²) >= 11 is 6.02. The number of carbonyl (C=O) groups is 4. The summed E-state index contributed by atoms with van der Waals surface area (Å²) in [6, 6.07) is 15.0. The minimum absolute atomic E-state index is 0.259. The van der Waals surface area contributed by atoms with Gasteiger partial charge in [-0.05, 0) is 24.1 Å². The SMILES string of the molecule is CC[C@@]1(c2ccccc2)NC(=O)N(CC(=O)N(C)CC(=O)Nc2ccccc2Cl)C1=O. The maximum atomic E-state index is 13.1. The van der Waals surface area contributed by atoms with Crippen LogP contribution in [0.25, 0.3) is 0 Å². The fourth-order valence-corrected chi connectivity index (χ4v) is 3.63. The highest BCUT2D eigenvalue weighted by Gasteiger charge is 2.51. The second kappa shape index (κ2) is 9.18. The molecule has 31 heavy (non-hydrogen) atoms. The topological polar surface area (TPSA) is 98.8 Å². The molecule has 9 heteroatoms. The van der Waals surface area contributed by atoms with Gasteiger partial charge in [0.05, 0.1) is 17.3 Å². The molecule has 3 rings (SSSR count). The Morgan fingerprint density at radius 2 is 1.74 bits per heavy atom. The lowest BCUT2D eigenvalue weighted by Gasteiger charge is -2.26. The number of halogens is 1. The molecule has 2 N–H and O–H groups in total. The molecular formula is C22H23ClN4O4. The highest BCUT2D eigenvalue weighted by Crippen LogP contribution is 2.32. The van der Waals surface area contributed by atoms with Crippen molar-refractivity contribution in [1.29, 1.82) is 0 Å². The first-order valence-corrected chi connectivity index (χ1v) is 10.1. The number of carbonyl (C=O) groups excluding carboxylic acids is 4. The molecule has 0 aromatic heterocycles. The molecule has 5 amide bonds. The number of likely N-dealkylation sites (N-methyl/N-ethyl adjacent to an activating group) is 1. The summed E-state index contributed by atoms with van der Waals surface area (Å²) in [6.45, 7) is 1.07. The van der Waals surface area contributed by atoms with Gasteiger partial charge in [-0.1, -0.05) is 61.0 Å². The molecule has 2 aromatic carbocycles. The lowest BCUT2D eigenvalue weighted by molar-refractivity contribution is -0.139. The monoisotopic (exact) mass is 442 g/mol. The van der Waals surface area contributed by atoms with Crippen LogP contribution in [0.15, 0.2) is 54.6 Å². The van der Waals surface area contributed by atoms with E-state index in [9.17, 15) is 19.2 Å². The third-order valence-electron chi connectivity index (χ3n) is 5.22. The summed E-state index contributed by atoms with van der Waals surface area (Å²) < 4.78 is 0. The Hall–Kier alpha value is -3.39. The molecule has 2 aromatic rings. The zero-order valence-electron chi connectivity index (χ0n) is 17.2. The summed E-state index contributed by atoms with van der Waals surface area (Å²) in [4.78, 5) is 52.6. The second-order valence-corrected chi connectivity index (χ2v) is 7.63. The first-order valence-electron chi connectivity index (χ1n) is 9.76. The van der Waals surface area contributed by atoms with Gasteiger partial charge in [0, 0.05) is 7.05 Å². The molecule has 0 saturated carbocycles. The van der Waals surface area contributed by atoms with Gasteiger partial charge in [-0.15, -0.1) is 0 Å². The number of para-hydroxylation sites is 1. The number of nitrogens with one attached hydrogen (secondary N) is 2. The van der Waals surface area contributed by atoms with Crippen LogP contribution < -0.4 is 10.6 Å². The molecular weight excluding hydrogens is 420 g/mol. The number of nitrogens with zero attached hydrogens (tertiary/aromatic N) is 2. The molecule has 1 aliphatic heterocycles. The Morgan fingerprint density at radius 3 is 2.39 bits per heavy atom. The average molecular weight is 443 g/mol. The van der Waals surface area contributed by atoms with Gasteiger partial charge < -0.3 is 15.5 Å². The predicted molar refractivity (Wildman–Crippen MR) is 116 cm³/mol. The van der Waals surface area contributed by atoms with Crippen molar-refractivity contribution in [2.75, 3.05) is 25.5 Å². The zero-order valence-corrected chi connectivity index (χ0v) is 18.0. The summed E-state index contributed by atoms with van der Waals surface area (Å²) in [5.41, 5.74) is -0.128. The predicted octanol–water partition coefficient (Wildman–Crippen LogP) is 2.59. The minimum atomic E-state index is -1.21. The number of hydrogen-bond donors (Lipinski definition) is 2. The molecule has 0 spiro atoms. The van der Waals surface area contributed by atoms with Crippen LogP contribution in [-0.2, 0) is 19.9 Å². The Bertz CT molecular complexity index is 1010. The third kappa shape index (κ3) is 4.54. The van der Waals surface area contributed by atoms with Gasteiger partial charge in [0.2, 0.25) is 11.8 Å². The van der Waals surface area contributed by atoms with E-state index in [2.05, 4.69) is 10.6 Å². The lowest BCUT2D eigenvalue weighted by atomic mass is 9.87. The van der Waals surface area contributed by atoms with Crippen molar-refractivity contribution in [3.63, 3.8) is 0 Å². The fraction of sp³-hybridized carbons (Fsp3) is 0.273. The zero-order chi connectivity index (χ0) is 22.6. The number of imide groups is 1. The maximum absolute atomic E-state index is 13.1. The molecule has 1 atom stereocenters. The van der Waals surface area contributed by atoms with E-state index >= 15 is 0 Å². The number of benzene rings is 2. The van der Waals surface area contributed by atoms with E-state index in [-0.39, 0.29) is 6.54 Å². The van der Waals surface area contributed by atoms with Crippen molar-refractivity contribution in [1.82, 2.24) is 15.1 Å². The molecule has 1 saturated heterocycles. The van der Waals surface area contributed by atoms with Crippen molar-refractivity contribution in [3.8, 4) is 0 Å². The van der Waals surface area contributed by atoms with Gasteiger partial charge in [-0.25, -0.2) is 4.79 Å². The van der Waals surface area contributed by atoms with Crippen molar-refractivity contribution in [3.05, 3.63) is 65.2 Å². The number of hydrogen-bond acceptors (Lipinski definition) is 4. The normalized spacial score (nSPS) is 18.0. The van der Waals surface area contributed by atoms with E-state index in [1.807, 2.05) is 6.07 Å². The van der Waals surface area contributed by atoms with E-state index < -0.39 is 35.8 Å². The van der Waals surface area contributed by atoms with E-state index in [0.29, 0.717) is 22.7 Å². The number of amides is 5. The summed E-state index contributed by atoms with van der Waals surface area (Å²) in [5.74, 6) is -1.49. The van der Waals surface area contributed by atoms with E-state index in [1.165, 1.54) is 7.05 Å². The molecule has 0 bridgehead atoms. The molecule has 1 heterocycles. The molecule has 0 aliphatic carbocycles. The molecule has 1 fully saturated rings. The molecule has 8 nitrogen and oxygen atoms in total. The number of urea groups is 1. The van der Waals surface area contributed by atoms with Gasteiger partial charge in [-0.3, -0.25) is 19.3 Å². The van der Waals surface area contributed by atoms with Gasteiger partial charge >= 0.3 is 6.03 Å². The Labute approximate surface area is 185 Å². The quantitative estimate of drug-likeness (QED) is 0.644.